The van der Waals surface area contributed by atoms with Crippen molar-refractivity contribution in [3.05, 3.63) is 53.1 Å². The highest BCUT2D eigenvalue weighted by atomic mass is 16.5. The summed E-state index contributed by atoms with van der Waals surface area (Å²) in [6.07, 6.45) is 10.5. The zero-order valence-corrected chi connectivity index (χ0v) is 22.1. The van der Waals surface area contributed by atoms with Crippen LogP contribution in [0.2, 0.25) is 0 Å². The largest absolute Gasteiger partial charge is 0.493 e. The van der Waals surface area contributed by atoms with Crippen LogP contribution < -0.4 is 14.2 Å². The van der Waals surface area contributed by atoms with E-state index in [4.69, 9.17) is 18.9 Å². The first kappa shape index (κ1) is 29.7. The van der Waals surface area contributed by atoms with Crippen molar-refractivity contribution in [2.75, 3.05) is 26.4 Å². The third-order valence-corrected chi connectivity index (χ3v) is 5.83. The molecule has 0 aromatic heterocycles. The summed E-state index contributed by atoms with van der Waals surface area (Å²) in [5.74, 6) is 2.27. The standard InChI is InChI=1S/C30H44O6/c1-3-5-18-35-29-15-13-26(23-32)21-30(29)36-19-11-9-7-6-8-10-17-33-24-27-20-25(22-31)12-14-28(27)34-16-4-2/h12-15,20-22,32H,3-11,16-19,23-24H2,1-2H3. The molecule has 0 atom stereocenters. The number of aliphatic hydroxyl groups excluding tert-OH is 1. The lowest BCUT2D eigenvalue weighted by molar-refractivity contribution is 0.111. The maximum absolute atomic E-state index is 11.1. The number of rotatable bonds is 21. The molecule has 200 valence electrons. The fourth-order valence-corrected chi connectivity index (χ4v) is 3.73. The molecule has 0 amide bonds. The number of carbonyl (C=O) groups excluding carboxylic acids is 1. The SMILES string of the molecule is CCCCOc1ccc(CO)cc1OCCCCCCCCOCc1cc(C=O)ccc1OCCC. The van der Waals surface area contributed by atoms with Crippen molar-refractivity contribution in [2.45, 2.75) is 84.8 Å². The van der Waals surface area contributed by atoms with Gasteiger partial charge < -0.3 is 24.1 Å². The quantitative estimate of drug-likeness (QED) is 0.148. The first-order chi connectivity index (χ1) is 17.7. The van der Waals surface area contributed by atoms with E-state index in [1.54, 1.807) is 6.07 Å². The molecule has 0 saturated heterocycles. The van der Waals surface area contributed by atoms with Gasteiger partial charge in [-0.3, -0.25) is 4.79 Å². The van der Waals surface area contributed by atoms with Crippen LogP contribution >= 0.6 is 0 Å². The van der Waals surface area contributed by atoms with Gasteiger partial charge in [-0.15, -0.1) is 0 Å². The van der Waals surface area contributed by atoms with Crippen molar-refractivity contribution < 1.29 is 28.8 Å². The Morgan fingerprint density at radius 3 is 2.08 bits per heavy atom. The Balaban J connectivity index is 1.58. The molecule has 0 aliphatic carbocycles. The van der Waals surface area contributed by atoms with Crippen LogP contribution in [-0.2, 0) is 18.0 Å². The molecule has 0 aliphatic rings. The molecule has 0 heterocycles. The van der Waals surface area contributed by atoms with Crippen LogP contribution in [0.3, 0.4) is 0 Å². The number of ether oxygens (including phenoxy) is 4. The van der Waals surface area contributed by atoms with Gasteiger partial charge in [-0.05, 0) is 61.6 Å². The molecule has 0 fully saturated rings. The zero-order chi connectivity index (χ0) is 25.8. The fraction of sp³-hybridized carbons (Fsp3) is 0.567. The molecule has 0 radical (unpaired) electrons. The summed E-state index contributed by atoms with van der Waals surface area (Å²) in [6, 6.07) is 11.1. The highest BCUT2D eigenvalue weighted by Gasteiger charge is 2.08. The Kier molecular flexibility index (Phi) is 15.4. The molecule has 2 aromatic carbocycles. The van der Waals surface area contributed by atoms with E-state index in [-0.39, 0.29) is 6.61 Å². The smallest absolute Gasteiger partial charge is 0.161 e. The van der Waals surface area contributed by atoms with E-state index in [0.717, 1.165) is 86.0 Å². The minimum Gasteiger partial charge on any atom is -0.493 e. The van der Waals surface area contributed by atoms with Gasteiger partial charge in [0.25, 0.3) is 0 Å². The van der Waals surface area contributed by atoms with Crippen LogP contribution in [0.25, 0.3) is 0 Å². The monoisotopic (exact) mass is 500 g/mol. The molecular formula is C30H44O6. The van der Waals surface area contributed by atoms with Gasteiger partial charge in [0.05, 0.1) is 33.0 Å². The molecule has 0 saturated carbocycles. The molecule has 6 nitrogen and oxygen atoms in total. The summed E-state index contributed by atoms with van der Waals surface area (Å²) in [4.78, 5) is 11.1. The molecule has 6 heteroatoms. The summed E-state index contributed by atoms with van der Waals surface area (Å²) >= 11 is 0. The van der Waals surface area contributed by atoms with Crippen molar-refractivity contribution in [1.82, 2.24) is 0 Å². The third kappa shape index (κ3) is 11.4. The summed E-state index contributed by atoms with van der Waals surface area (Å²) in [6.45, 7) is 7.33. The van der Waals surface area contributed by atoms with E-state index < -0.39 is 0 Å². The Bertz CT molecular complexity index is 867. The van der Waals surface area contributed by atoms with E-state index in [9.17, 15) is 9.90 Å². The van der Waals surface area contributed by atoms with E-state index in [2.05, 4.69) is 13.8 Å². The van der Waals surface area contributed by atoms with Crippen LogP contribution in [0, 0.1) is 0 Å². The Morgan fingerprint density at radius 2 is 1.36 bits per heavy atom. The van der Waals surface area contributed by atoms with Gasteiger partial charge in [0.2, 0.25) is 0 Å². The number of aldehydes is 1. The van der Waals surface area contributed by atoms with Crippen molar-refractivity contribution in [1.29, 1.82) is 0 Å². The number of carbonyl (C=O) groups is 1. The van der Waals surface area contributed by atoms with Crippen molar-refractivity contribution >= 4 is 6.29 Å². The molecule has 0 aliphatic heterocycles. The fourth-order valence-electron chi connectivity index (χ4n) is 3.73. The zero-order valence-electron chi connectivity index (χ0n) is 22.1. The van der Waals surface area contributed by atoms with Gasteiger partial charge in [-0.1, -0.05) is 52.0 Å². The predicted octanol–water partition coefficient (Wildman–Crippen LogP) is 6.90. The number of aliphatic hydroxyl groups is 1. The Labute approximate surface area is 216 Å². The van der Waals surface area contributed by atoms with Gasteiger partial charge in [0.1, 0.15) is 12.0 Å². The average Bonchev–Trinajstić information content (AvgIpc) is 2.91. The van der Waals surface area contributed by atoms with Gasteiger partial charge in [-0.25, -0.2) is 0 Å². The van der Waals surface area contributed by atoms with E-state index >= 15 is 0 Å². The molecule has 2 aromatic rings. The molecule has 0 bridgehead atoms. The lowest BCUT2D eigenvalue weighted by Gasteiger charge is -2.14. The first-order valence-electron chi connectivity index (χ1n) is 13.5. The van der Waals surface area contributed by atoms with Gasteiger partial charge >= 0.3 is 0 Å². The predicted molar refractivity (Wildman–Crippen MR) is 143 cm³/mol. The number of benzene rings is 2. The summed E-state index contributed by atoms with van der Waals surface area (Å²) < 4.78 is 23.4. The number of unbranched alkanes of at least 4 members (excludes halogenated alkanes) is 6. The van der Waals surface area contributed by atoms with Crippen LogP contribution in [0.5, 0.6) is 17.2 Å². The average molecular weight is 501 g/mol. The second-order valence-corrected chi connectivity index (χ2v) is 9.00. The summed E-state index contributed by atoms with van der Waals surface area (Å²) in [7, 11) is 0. The lowest BCUT2D eigenvalue weighted by Crippen LogP contribution is -2.03. The van der Waals surface area contributed by atoms with Gasteiger partial charge in [0, 0.05) is 17.7 Å². The van der Waals surface area contributed by atoms with Crippen LogP contribution in [0.15, 0.2) is 36.4 Å². The molecule has 2 rings (SSSR count). The maximum Gasteiger partial charge on any atom is 0.161 e. The van der Waals surface area contributed by atoms with Crippen LogP contribution in [0.4, 0.5) is 0 Å². The molecule has 0 unspecified atom stereocenters. The normalized spacial score (nSPS) is 10.9. The second-order valence-electron chi connectivity index (χ2n) is 9.00. The molecule has 0 spiro atoms. The minimum atomic E-state index is -0.00571. The Morgan fingerprint density at radius 1 is 0.694 bits per heavy atom. The van der Waals surface area contributed by atoms with E-state index in [1.807, 2.05) is 30.3 Å². The Hall–Kier alpha value is -2.57. The van der Waals surface area contributed by atoms with E-state index in [0.29, 0.717) is 38.6 Å². The minimum absolute atomic E-state index is 0.00571. The third-order valence-electron chi connectivity index (χ3n) is 5.83. The van der Waals surface area contributed by atoms with Crippen LogP contribution in [-0.4, -0.2) is 37.8 Å². The molecular weight excluding hydrogens is 456 g/mol. The van der Waals surface area contributed by atoms with Crippen molar-refractivity contribution in [3.8, 4) is 17.2 Å². The summed E-state index contributed by atoms with van der Waals surface area (Å²) in [5, 5.41) is 9.41. The van der Waals surface area contributed by atoms with Gasteiger partial charge in [0.15, 0.2) is 11.5 Å². The second kappa shape index (κ2) is 18.7. The first-order valence-corrected chi connectivity index (χ1v) is 13.5. The van der Waals surface area contributed by atoms with Crippen LogP contribution in [0.1, 0.15) is 93.1 Å². The van der Waals surface area contributed by atoms with Crippen molar-refractivity contribution in [3.63, 3.8) is 0 Å². The number of hydrogen-bond acceptors (Lipinski definition) is 6. The van der Waals surface area contributed by atoms with Crippen molar-refractivity contribution in [2.24, 2.45) is 0 Å². The molecule has 1 N–H and O–H groups in total. The maximum atomic E-state index is 11.1. The summed E-state index contributed by atoms with van der Waals surface area (Å²) in [5.41, 5.74) is 2.40. The van der Waals surface area contributed by atoms with Gasteiger partial charge in [-0.2, -0.15) is 0 Å². The highest BCUT2D eigenvalue weighted by Crippen LogP contribution is 2.29. The highest BCUT2D eigenvalue weighted by molar-refractivity contribution is 5.75. The lowest BCUT2D eigenvalue weighted by atomic mass is 10.1. The molecule has 36 heavy (non-hydrogen) atoms. The topological polar surface area (TPSA) is 74.2 Å². The number of hydrogen-bond donors (Lipinski definition) is 1. The van der Waals surface area contributed by atoms with E-state index in [1.165, 1.54) is 6.42 Å².